The number of hydrogen-bond donors (Lipinski definition) is 4. The van der Waals surface area contributed by atoms with Crippen LogP contribution in [0.1, 0.15) is 0 Å². The van der Waals surface area contributed by atoms with E-state index in [0.29, 0.717) is 22.5 Å². The molecule has 3 aromatic rings. The summed E-state index contributed by atoms with van der Waals surface area (Å²) in [5.74, 6) is -1.36. The van der Waals surface area contributed by atoms with Gasteiger partial charge < -0.3 is 15.7 Å². The number of nitrogens with zero attached hydrogens (tertiary/aromatic N) is 1. The zero-order chi connectivity index (χ0) is 23.1. The van der Waals surface area contributed by atoms with E-state index in [1.807, 2.05) is 0 Å². The third kappa shape index (κ3) is 5.78. The van der Waals surface area contributed by atoms with E-state index in [1.165, 1.54) is 12.1 Å². The second-order valence-corrected chi connectivity index (χ2v) is 8.31. The minimum Gasteiger partial charge on any atom is -0.480 e. The maximum atomic E-state index is 12.6. The molecule has 0 spiro atoms. The molecule has 0 unspecified atom stereocenters. The Morgan fingerprint density at radius 3 is 2.22 bits per heavy atom. The fourth-order valence-corrected chi connectivity index (χ4v) is 3.99. The number of carbonyl (C=O) groups excluding carboxylic acids is 1. The Morgan fingerprint density at radius 1 is 0.938 bits per heavy atom. The van der Waals surface area contributed by atoms with Gasteiger partial charge in [-0.15, -0.1) is 6.58 Å². The van der Waals surface area contributed by atoms with Crippen LogP contribution in [-0.4, -0.2) is 36.6 Å². The first-order valence-electron chi connectivity index (χ1n) is 9.35. The van der Waals surface area contributed by atoms with Gasteiger partial charge in [-0.05, 0) is 47.5 Å². The van der Waals surface area contributed by atoms with Gasteiger partial charge in [-0.2, -0.15) is 4.72 Å². The number of carboxylic acids is 1. The molecule has 0 aliphatic rings. The molecule has 9 nitrogen and oxygen atoms in total. The van der Waals surface area contributed by atoms with E-state index < -0.39 is 28.1 Å². The van der Waals surface area contributed by atoms with Crippen molar-refractivity contribution in [2.45, 2.75) is 10.9 Å². The fraction of sp³-hybridized carbons (Fsp3) is 0.0455. The van der Waals surface area contributed by atoms with Crippen LogP contribution in [0.4, 0.5) is 16.2 Å². The molecule has 0 bridgehead atoms. The maximum absolute atomic E-state index is 12.6. The highest BCUT2D eigenvalue weighted by Gasteiger charge is 2.23. The van der Waals surface area contributed by atoms with Crippen molar-refractivity contribution in [2.24, 2.45) is 0 Å². The SMILES string of the molecule is C=C[C@@H](NS(=O)(=O)c1cccc(-c2cccc(NC(=O)Nc3ccncc3)c2)c1)C(=O)O. The summed E-state index contributed by atoms with van der Waals surface area (Å²) in [6, 6.07) is 14.3. The Balaban J connectivity index is 1.80. The van der Waals surface area contributed by atoms with Gasteiger partial charge in [0.15, 0.2) is 0 Å². The summed E-state index contributed by atoms with van der Waals surface area (Å²) in [5, 5.41) is 14.5. The molecule has 0 saturated heterocycles. The first-order chi connectivity index (χ1) is 15.3. The summed E-state index contributed by atoms with van der Waals surface area (Å²) >= 11 is 0. The van der Waals surface area contributed by atoms with Crippen LogP contribution in [0, 0.1) is 0 Å². The average molecular weight is 452 g/mol. The van der Waals surface area contributed by atoms with Gasteiger partial charge in [0.05, 0.1) is 4.90 Å². The Morgan fingerprint density at radius 2 is 1.56 bits per heavy atom. The van der Waals surface area contributed by atoms with Gasteiger partial charge in [0.2, 0.25) is 10.0 Å². The molecule has 0 saturated carbocycles. The van der Waals surface area contributed by atoms with Crippen molar-refractivity contribution in [3.8, 4) is 11.1 Å². The summed E-state index contributed by atoms with van der Waals surface area (Å²) in [6.07, 6.45) is 4.11. The lowest BCUT2D eigenvalue weighted by atomic mass is 10.1. The molecule has 164 valence electrons. The van der Waals surface area contributed by atoms with Gasteiger partial charge in [-0.25, -0.2) is 13.2 Å². The Kier molecular flexibility index (Phi) is 6.98. The van der Waals surface area contributed by atoms with Crippen LogP contribution in [-0.2, 0) is 14.8 Å². The Labute approximate surface area is 184 Å². The molecule has 4 N–H and O–H groups in total. The topological polar surface area (TPSA) is 137 Å². The molecular weight excluding hydrogens is 432 g/mol. The molecule has 0 radical (unpaired) electrons. The second-order valence-electron chi connectivity index (χ2n) is 6.60. The molecule has 1 atom stereocenters. The minimum absolute atomic E-state index is 0.100. The number of aromatic nitrogens is 1. The van der Waals surface area contributed by atoms with E-state index in [4.69, 9.17) is 5.11 Å². The largest absolute Gasteiger partial charge is 0.480 e. The fourth-order valence-electron chi connectivity index (χ4n) is 2.78. The van der Waals surface area contributed by atoms with Crippen LogP contribution in [0.25, 0.3) is 11.1 Å². The molecule has 10 heteroatoms. The van der Waals surface area contributed by atoms with E-state index >= 15 is 0 Å². The van der Waals surface area contributed by atoms with Crippen LogP contribution < -0.4 is 15.4 Å². The molecule has 1 heterocycles. The number of rotatable bonds is 8. The summed E-state index contributed by atoms with van der Waals surface area (Å²) in [6.45, 7) is 3.33. The van der Waals surface area contributed by atoms with E-state index in [9.17, 15) is 18.0 Å². The second kappa shape index (κ2) is 9.86. The number of amides is 2. The van der Waals surface area contributed by atoms with Crippen molar-refractivity contribution in [2.75, 3.05) is 10.6 Å². The van der Waals surface area contributed by atoms with Gasteiger partial charge in [0.1, 0.15) is 6.04 Å². The average Bonchev–Trinajstić information content (AvgIpc) is 2.78. The van der Waals surface area contributed by atoms with Gasteiger partial charge in [0.25, 0.3) is 0 Å². The number of anilines is 2. The minimum atomic E-state index is -4.10. The lowest BCUT2D eigenvalue weighted by Gasteiger charge is -2.12. The van der Waals surface area contributed by atoms with Crippen molar-refractivity contribution < 1.29 is 23.1 Å². The summed E-state index contributed by atoms with van der Waals surface area (Å²) in [5.41, 5.74) is 2.30. The maximum Gasteiger partial charge on any atom is 0.325 e. The van der Waals surface area contributed by atoms with Crippen LogP contribution in [0.15, 0.2) is 90.6 Å². The predicted octanol–water partition coefficient (Wildman–Crippen LogP) is 3.31. The van der Waals surface area contributed by atoms with Gasteiger partial charge in [0, 0.05) is 23.8 Å². The van der Waals surface area contributed by atoms with Crippen molar-refractivity contribution >= 4 is 33.4 Å². The number of nitrogens with one attached hydrogen (secondary N) is 3. The van der Waals surface area contributed by atoms with Crippen LogP contribution in [0.5, 0.6) is 0 Å². The number of urea groups is 1. The van der Waals surface area contributed by atoms with Gasteiger partial charge in [-0.1, -0.05) is 30.3 Å². The van der Waals surface area contributed by atoms with Gasteiger partial charge >= 0.3 is 12.0 Å². The van der Waals surface area contributed by atoms with E-state index in [0.717, 1.165) is 6.08 Å². The zero-order valence-electron chi connectivity index (χ0n) is 16.7. The summed E-state index contributed by atoms with van der Waals surface area (Å²) < 4.78 is 27.3. The first-order valence-corrected chi connectivity index (χ1v) is 10.8. The Hall–Kier alpha value is -4.02. The summed E-state index contributed by atoms with van der Waals surface area (Å²) in [4.78, 5) is 27.1. The van der Waals surface area contributed by atoms with Crippen LogP contribution in [0.2, 0.25) is 0 Å². The number of aliphatic carboxylic acids is 1. The van der Waals surface area contributed by atoms with Crippen molar-refractivity contribution in [1.29, 1.82) is 0 Å². The van der Waals surface area contributed by atoms with E-state index in [2.05, 4.69) is 26.9 Å². The molecule has 3 rings (SSSR count). The molecule has 2 aromatic carbocycles. The van der Waals surface area contributed by atoms with Gasteiger partial charge in [-0.3, -0.25) is 9.78 Å². The predicted molar refractivity (Wildman–Crippen MR) is 121 cm³/mol. The molecular formula is C22H20N4O5S. The molecule has 2 amide bonds. The zero-order valence-corrected chi connectivity index (χ0v) is 17.5. The van der Waals surface area contributed by atoms with Crippen molar-refractivity contribution in [3.63, 3.8) is 0 Å². The number of hydrogen-bond acceptors (Lipinski definition) is 5. The van der Waals surface area contributed by atoms with Crippen LogP contribution >= 0.6 is 0 Å². The lowest BCUT2D eigenvalue weighted by Crippen LogP contribution is -2.39. The van der Waals surface area contributed by atoms with Crippen molar-refractivity contribution in [3.05, 3.63) is 85.7 Å². The quantitative estimate of drug-likeness (QED) is 0.387. The number of benzene rings is 2. The van der Waals surface area contributed by atoms with Crippen LogP contribution in [0.3, 0.4) is 0 Å². The third-order valence-electron chi connectivity index (χ3n) is 4.32. The number of pyridine rings is 1. The molecule has 0 aliphatic heterocycles. The molecule has 1 aromatic heterocycles. The number of carboxylic acid groups (broad SMARTS) is 1. The highest BCUT2D eigenvalue weighted by molar-refractivity contribution is 7.89. The molecule has 32 heavy (non-hydrogen) atoms. The Bertz CT molecular complexity index is 1250. The lowest BCUT2D eigenvalue weighted by molar-refractivity contribution is -0.137. The number of carbonyl (C=O) groups is 2. The monoisotopic (exact) mass is 452 g/mol. The summed E-state index contributed by atoms with van der Waals surface area (Å²) in [7, 11) is -4.10. The first kappa shape index (κ1) is 22.7. The standard InChI is InChI=1S/C22H20N4O5S/c1-2-20(21(27)28)26-32(30,31)19-8-4-6-16(14-19)15-5-3-7-18(13-15)25-22(29)24-17-9-11-23-12-10-17/h2-14,20,26H,1H2,(H,27,28)(H2,23,24,25,29)/t20-/m1/s1. The van der Waals surface area contributed by atoms with Crippen molar-refractivity contribution in [1.82, 2.24) is 9.71 Å². The third-order valence-corrected chi connectivity index (χ3v) is 5.76. The molecule has 0 fully saturated rings. The smallest absolute Gasteiger partial charge is 0.325 e. The highest BCUT2D eigenvalue weighted by atomic mass is 32.2. The molecule has 0 aliphatic carbocycles. The normalized spacial score (nSPS) is 11.9. The highest BCUT2D eigenvalue weighted by Crippen LogP contribution is 2.25. The van der Waals surface area contributed by atoms with E-state index in [-0.39, 0.29) is 4.90 Å². The number of sulfonamides is 1. The van der Waals surface area contributed by atoms with E-state index in [1.54, 1.807) is 60.9 Å².